The summed E-state index contributed by atoms with van der Waals surface area (Å²) in [5, 5.41) is 29.8. The van der Waals surface area contributed by atoms with Crippen LogP contribution in [0.2, 0.25) is 0 Å². The first-order chi connectivity index (χ1) is 13.9. The van der Waals surface area contributed by atoms with Crippen LogP contribution in [0.4, 0.5) is 11.4 Å². The van der Waals surface area contributed by atoms with E-state index in [1.54, 1.807) is 29.7 Å². The molecule has 3 rings (SSSR count). The highest BCUT2D eigenvalue weighted by Gasteiger charge is 2.18. The number of aryl methyl sites for hydroxylation is 2. The molecular weight excluding hydrogens is 376 g/mol. The van der Waals surface area contributed by atoms with E-state index in [0.717, 1.165) is 11.9 Å². The Labute approximate surface area is 166 Å². The first-order valence-corrected chi connectivity index (χ1v) is 9.05. The lowest BCUT2D eigenvalue weighted by atomic mass is 10.2. The number of ether oxygens (including phenoxy) is 1. The van der Waals surface area contributed by atoms with Crippen molar-refractivity contribution in [1.82, 2.24) is 4.57 Å². The quantitative estimate of drug-likeness (QED) is 0.354. The van der Waals surface area contributed by atoms with E-state index >= 15 is 0 Å². The van der Waals surface area contributed by atoms with Gasteiger partial charge in [0.25, 0.3) is 0 Å². The zero-order chi connectivity index (χ0) is 21.0. The summed E-state index contributed by atoms with van der Waals surface area (Å²) < 4.78 is 6.96. The third-order valence-electron chi connectivity index (χ3n) is 4.29. The van der Waals surface area contributed by atoms with E-state index in [9.17, 15) is 20.0 Å². The summed E-state index contributed by atoms with van der Waals surface area (Å²) in [6.45, 7) is 3.79. The molecule has 0 bridgehead atoms. The van der Waals surface area contributed by atoms with Crippen molar-refractivity contribution in [2.45, 2.75) is 26.8 Å². The first-order valence-electron chi connectivity index (χ1n) is 9.05. The Morgan fingerprint density at radius 1 is 1.28 bits per heavy atom. The van der Waals surface area contributed by atoms with Gasteiger partial charge in [-0.25, -0.2) is 0 Å². The molecule has 0 fully saturated rings. The molecule has 29 heavy (non-hydrogen) atoms. The number of hydrogen-bond donors (Lipinski definition) is 1. The minimum atomic E-state index is -0.730. The van der Waals surface area contributed by atoms with E-state index in [2.05, 4.69) is 10.2 Å². The van der Waals surface area contributed by atoms with Gasteiger partial charge in [-0.3, -0.25) is 14.9 Å². The second kappa shape index (κ2) is 8.51. The van der Waals surface area contributed by atoms with Crippen molar-refractivity contribution in [2.24, 2.45) is 10.2 Å². The van der Waals surface area contributed by atoms with Crippen LogP contribution in [-0.4, -0.2) is 27.1 Å². The third-order valence-corrected chi connectivity index (χ3v) is 4.29. The average molecular weight is 396 g/mol. The van der Waals surface area contributed by atoms with Gasteiger partial charge in [0.2, 0.25) is 5.88 Å². The van der Waals surface area contributed by atoms with Crippen LogP contribution < -0.4 is 4.74 Å². The molecule has 0 radical (unpaired) electrons. The minimum Gasteiger partial charge on any atom is -0.493 e. The van der Waals surface area contributed by atoms with Gasteiger partial charge in [-0.05, 0) is 31.0 Å². The number of rotatable bonds is 7. The number of hydrogen-bond acceptors (Lipinski definition) is 6. The molecule has 1 heterocycles. The van der Waals surface area contributed by atoms with Crippen molar-refractivity contribution in [1.29, 1.82) is 0 Å². The van der Waals surface area contributed by atoms with Crippen molar-refractivity contribution in [2.75, 3.05) is 6.61 Å². The fourth-order valence-electron chi connectivity index (χ4n) is 2.99. The summed E-state index contributed by atoms with van der Waals surface area (Å²) in [6.07, 6.45) is 0.810. The number of para-hydroxylation sites is 1. The molecule has 150 valence electrons. The molecule has 1 amide bonds. The van der Waals surface area contributed by atoms with Crippen LogP contribution >= 0.6 is 0 Å². The molecule has 1 N–H and O–H groups in total. The highest BCUT2D eigenvalue weighted by atomic mass is 16.6. The lowest BCUT2D eigenvalue weighted by molar-refractivity contribution is -0.385. The number of fused-ring (bicyclic) bond motifs is 1. The molecule has 0 aliphatic carbocycles. The summed E-state index contributed by atoms with van der Waals surface area (Å²) in [5.74, 6) is -0.821. The van der Waals surface area contributed by atoms with Crippen molar-refractivity contribution in [3.63, 3.8) is 0 Å². The molecule has 3 aromatic rings. The summed E-state index contributed by atoms with van der Waals surface area (Å²) in [6, 6.07) is 11.7. The molecule has 0 aliphatic rings. The van der Waals surface area contributed by atoms with Crippen LogP contribution in [0.3, 0.4) is 0 Å². The van der Waals surface area contributed by atoms with E-state index in [4.69, 9.17) is 4.74 Å². The van der Waals surface area contributed by atoms with Gasteiger partial charge in [0, 0.05) is 18.0 Å². The molecule has 0 unspecified atom stereocenters. The molecule has 0 aliphatic heterocycles. The topological polar surface area (TPSA) is 119 Å². The van der Waals surface area contributed by atoms with Gasteiger partial charge in [0.05, 0.1) is 10.4 Å². The van der Waals surface area contributed by atoms with Gasteiger partial charge in [-0.15, -0.1) is 10.2 Å². The largest absolute Gasteiger partial charge is 0.493 e. The Balaban J connectivity index is 1.79. The van der Waals surface area contributed by atoms with Crippen molar-refractivity contribution in [3.8, 4) is 11.6 Å². The van der Waals surface area contributed by atoms with Crippen LogP contribution in [0.5, 0.6) is 11.6 Å². The Kier molecular flexibility index (Phi) is 5.87. The van der Waals surface area contributed by atoms with Crippen LogP contribution in [-0.2, 0) is 11.3 Å². The first kappa shape index (κ1) is 20.0. The van der Waals surface area contributed by atoms with E-state index in [-0.39, 0.29) is 23.0 Å². The zero-order valence-electron chi connectivity index (χ0n) is 16.0. The van der Waals surface area contributed by atoms with E-state index in [0.29, 0.717) is 17.5 Å². The van der Waals surface area contributed by atoms with Gasteiger partial charge in [0.15, 0.2) is 18.0 Å². The smallest absolute Gasteiger partial charge is 0.311 e. The summed E-state index contributed by atoms with van der Waals surface area (Å²) >= 11 is 0. The maximum atomic E-state index is 12.1. The number of nitrogens with zero attached hydrogens (tertiary/aromatic N) is 4. The standard InChI is InChI=1S/C20H20N4O5/c1-3-10-23-15-7-5-4-6-14(15)19(20(23)26)22-21-18(25)12-29-17-9-8-13(2)11-16(17)24(27)28/h4-9,11,26H,3,10,12H2,1-2H3. The maximum absolute atomic E-state index is 12.1. The second-order valence-corrected chi connectivity index (χ2v) is 6.45. The Hall–Kier alpha value is -3.75. The Bertz CT molecular complexity index is 1100. The van der Waals surface area contributed by atoms with Gasteiger partial charge in [-0.1, -0.05) is 31.2 Å². The minimum absolute atomic E-state index is 0.0217. The van der Waals surface area contributed by atoms with Crippen LogP contribution in [0.25, 0.3) is 10.9 Å². The average Bonchev–Trinajstić information content (AvgIpc) is 2.97. The number of carbonyl (C=O) groups excluding carboxylic acids is 1. The molecule has 0 atom stereocenters. The molecule has 1 aromatic heterocycles. The Morgan fingerprint density at radius 2 is 2.03 bits per heavy atom. The van der Waals surface area contributed by atoms with E-state index < -0.39 is 17.4 Å². The molecule has 0 spiro atoms. The van der Waals surface area contributed by atoms with Crippen molar-refractivity contribution in [3.05, 3.63) is 58.1 Å². The summed E-state index contributed by atoms with van der Waals surface area (Å²) in [5.41, 5.74) is 1.47. The van der Waals surface area contributed by atoms with Gasteiger partial charge >= 0.3 is 11.6 Å². The SMILES string of the molecule is CCCn1c(O)c(N=NC(=O)COc2ccc(C)cc2[N+](=O)[O-])c2ccccc21. The number of nitro groups is 1. The van der Waals surface area contributed by atoms with Crippen molar-refractivity contribution >= 4 is 28.2 Å². The predicted molar refractivity (Wildman–Crippen MR) is 107 cm³/mol. The molecular formula is C20H20N4O5. The molecule has 0 saturated heterocycles. The van der Waals surface area contributed by atoms with Crippen molar-refractivity contribution < 1.29 is 19.6 Å². The predicted octanol–water partition coefficient (Wildman–Crippen LogP) is 4.66. The van der Waals surface area contributed by atoms with E-state index in [1.165, 1.54) is 12.1 Å². The number of aromatic nitrogens is 1. The molecule has 9 heteroatoms. The Morgan fingerprint density at radius 3 is 2.76 bits per heavy atom. The van der Waals surface area contributed by atoms with Gasteiger partial charge in [-0.2, -0.15) is 0 Å². The second-order valence-electron chi connectivity index (χ2n) is 6.45. The normalized spacial score (nSPS) is 11.2. The molecule has 9 nitrogen and oxygen atoms in total. The van der Waals surface area contributed by atoms with Gasteiger partial charge in [0.1, 0.15) is 0 Å². The fraction of sp³-hybridized carbons (Fsp3) is 0.250. The number of nitro benzene ring substituents is 1. The number of amides is 1. The molecule has 0 saturated carbocycles. The van der Waals surface area contributed by atoms with Crippen LogP contribution in [0.15, 0.2) is 52.7 Å². The zero-order valence-corrected chi connectivity index (χ0v) is 16.0. The lowest BCUT2D eigenvalue weighted by Crippen LogP contribution is -2.09. The highest BCUT2D eigenvalue weighted by Crippen LogP contribution is 2.38. The molecule has 2 aromatic carbocycles. The third kappa shape index (κ3) is 4.23. The van der Waals surface area contributed by atoms with E-state index in [1.807, 2.05) is 19.1 Å². The van der Waals surface area contributed by atoms with Crippen LogP contribution in [0.1, 0.15) is 18.9 Å². The maximum Gasteiger partial charge on any atom is 0.311 e. The lowest BCUT2D eigenvalue weighted by Gasteiger charge is -2.05. The monoisotopic (exact) mass is 396 g/mol. The number of benzene rings is 2. The summed E-state index contributed by atoms with van der Waals surface area (Å²) in [7, 11) is 0. The fourth-order valence-corrected chi connectivity index (χ4v) is 2.99. The number of carbonyl (C=O) groups is 1. The van der Waals surface area contributed by atoms with Gasteiger partial charge < -0.3 is 14.4 Å². The number of aromatic hydroxyl groups is 1. The highest BCUT2D eigenvalue weighted by molar-refractivity contribution is 5.95. The summed E-state index contributed by atoms with van der Waals surface area (Å²) in [4.78, 5) is 22.6. The van der Waals surface area contributed by atoms with Crippen LogP contribution in [0, 0.1) is 17.0 Å². The number of azo groups is 1.